The topological polar surface area (TPSA) is 204 Å². The smallest absolute Gasteiger partial charge is 0.251 e. The number of likely N-dealkylation sites (tertiary alicyclic amines) is 2. The fraction of sp³-hybridized carbons (Fsp3) is 0.695. The number of nitrogens with zero attached hydrogens (tertiary/aromatic N) is 7. The Morgan fingerprint density at radius 2 is 1.59 bits per heavy atom. The zero-order chi connectivity index (χ0) is 56.5. The number of methoxy groups -OCH3 is 2. The number of hydrogen-bond acceptors (Lipinski definition) is 14. The van der Waals surface area contributed by atoms with Gasteiger partial charge in [-0.3, -0.25) is 33.7 Å². The van der Waals surface area contributed by atoms with Crippen LogP contribution in [0.2, 0.25) is 0 Å². The van der Waals surface area contributed by atoms with Gasteiger partial charge in [-0.15, -0.1) is 5.10 Å². The fourth-order valence-corrected chi connectivity index (χ4v) is 12.3. The van der Waals surface area contributed by atoms with E-state index in [1.807, 2.05) is 63.1 Å². The van der Waals surface area contributed by atoms with E-state index in [9.17, 15) is 28.8 Å². The minimum absolute atomic E-state index is 0.0116. The summed E-state index contributed by atoms with van der Waals surface area (Å²) in [4.78, 5) is 90.4. The lowest BCUT2D eigenvalue weighted by Crippen LogP contribution is -2.54. The van der Waals surface area contributed by atoms with Crippen molar-refractivity contribution in [2.45, 2.75) is 148 Å². The van der Waals surface area contributed by atoms with Gasteiger partial charge in [0.15, 0.2) is 5.78 Å². The average molecular weight is 1090 g/mol. The molecule has 6 rings (SSSR count). The summed E-state index contributed by atoms with van der Waals surface area (Å²) in [7, 11) is 7.00. The second kappa shape index (κ2) is 30.4. The van der Waals surface area contributed by atoms with Crippen LogP contribution in [0.5, 0.6) is 0 Å². The lowest BCUT2D eigenvalue weighted by molar-refractivity contribution is -0.149. The van der Waals surface area contributed by atoms with E-state index in [1.165, 1.54) is 11.0 Å². The Hall–Kier alpha value is -5.18. The molecule has 3 fully saturated rings. The molecule has 19 heteroatoms. The predicted octanol–water partition coefficient (Wildman–Crippen LogP) is 5.31. The molecule has 78 heavy (non-hydrogen) atoms. The van der Waals surface area contributed by atoms with Gasteiger partial charge in [-0.1, -0.05) is 83.2 Å². The number of carbonyl (C=O) groups excluding carboxylic acids is 6. The molecule has 2 saturated heterocycles. The lowest BCUT2D eigenvalue weighted by atomic mass is 9.83. The molecule has 1 aromatic carbocycles. The highest BCUT2D eigenvalue weighted by molar-refractivity contribution is 5.93. The Morgan fingerprint density at radius 3 is 2.22 bits per heavy atom. The summed E-state index contributed by atoms with van der Waals surface area (Å²) in [6, 6.07) is 9.13. The minimum Gasteiger partial charge on any atom is -0.379 e. The number of benzene rings is 1. The van der Waals surface area contributed by atoms with Crippen LogP contribution in [-0.2, 0) is 72.0 Å². The number of carbonyl (C=O) groups is 6. The van der Waals surface area contributed by atoms with Crippen molar-refractivity contribution in [1.82, 2.24) is 39.9 Å². The Bertz CT molecular complexity index is 2310. The zero-order valence-corrected chi connectivity index (χ0v) is 48.0. The summed E-state index contributed by atoms with van der Waals surface area (Å²) in [5.41, 5.74) is 2.21. The minimum atomic E-state index is -0.651. The van der Waals surface area contributed by atoms with Crippen molar-refractivity contribution < 1.29 is 52.5 Å². The summed E-state index contributed by atoms with van der Waals surface area (Å²) in [5, 5.41) is 11.2. The van der Waals surface area contributed by atoms with Gasteiger partial charge in [0.2, 0.25) is 17.7 Å². The molecule has 1 aliphatic carbocycles. The van der Waals surface area contributed by atoms with Gasteiger partial charge in [0.05, 0.1) is 95.7 Å². The summed E-state index contributed by atoms with van der Waals surface area (Å²) in [6.07, 6.45) is 9.63. The number of likely N-dealkylation sites (N-methyl/N-ethyl adjacent to an activating group) is 2. The van der Waals surface area contributed by atoms with Crippen LogP contribution in [0.25, 0.3) is 0 Å². The molecule has 1 saturated carbocycles. The van der Waals surface area contributed by atoms with Gasteiger partial charge in [0.1, 0.15) is 11.5 Å². The molecule has 19 nitrogen and oxygen atoms in total. The number of fused-ring (bicyclic) bond motifs is 2. The van der Waals surface area contributed by atoms with Crippen molar-refractivity contribution in [3.05, 3.63) is 72.2 Å². The number of hydrogen-bond donors (Lipinski definition) is 1. The first-order valence-corrected chi connectivity index (χ1v) is 28.5. The SMILES string of the molecule is C=C1C=CC(=O)N1Cc1cn(CCOCCOCCOCCNC(=O)[C@@H](CC(=O)[C@H](C)[C@@H](OC)[C@@H]2CCCN2C(=O)C[C@@H](OC)[C@H]([C@@H](C)CC)N(C)C(=O)[C@@H](CC(=O)C2[C@H]3CC[C@H](C3)N2C)C(C)C)Cc2ccccc2)nn1. The van der Waals surface area contributed by atoms with E-state index >= 15 is 0 Å². The van der Waals surface area contributed by atoms with E-state index in [4.69, 9.17) is 23.7 Å². The van der Waals surface area contributed by atoms with Crippen LogP contribution >= 0.6 is 0 Å². The molecule has 4 aliphatic rings. The van der Waals surface area contributed by atoms with Gasteiger partial charge in [0.25, 0.3) is 5.91 Å². The van der Waals surface area contributed by atoms with Gasteiger partial charge in [-0.05, 0) is 75.0 Å². The van der Waals surface area contributed by atoms with Crippen LogP contribution in [0.1, 0.15) is 104 Å². The summed E-state index contributed by atoms with van der Waals surface area (Å²) >= 11 is 0. The van der Waals surface area contributed by atoms with E-state index in [0.29, 0.717) is 88.9 Å². The maximum Gasteiger partial charge on any atom is 0.251 e. The number of aromatic nitrogens is 3. The monoisotopic (exact) mass is 1090 g/mol. The maximum atomic E-state index is 14.6. The van der Waals surface area contributed by atoms with Crippen LogP contribution in [0.4, 0.5) is 0 Å². The molecule has 1 unspecified atom stereocenters. The third-order valence-corrected chi connectivity index (χ3v) is 17.0. The molecule has 1 N–H and O–H groups in total. The van der Waals surface area contributed by atoms with E-state index < -0.39 is 36.0 Å². The standard InChI is InChI=1S/C59H90N8O11/c1-11-40(4)55(64(8)59(73)48(39(2)3)35-51(69)56-44-20-21-47(33-44)63(56)7)52(74-9)36-54(71)66-24-15-18-49(66)57(75-10)42(6)50(68)34-45(32-43-16-13-12-14-17-43)58(72)60-23-26-76-28-30-78-31-29-77-27-25-65-37-46(61-62-65)38-67-41(5)19-22-53(67)70/h12-14,16-17,19,22,37,39-40,42,44-45,47-49,52,55-57H,5,11,15,18,20-21,23-36,38H2,1-4,6-10H3,(H,60,72)/t40-,42-,44-,45+,47+,48-,49-,52+,55-,56?,57+/m0/s1. The number of allylic oxidation sites excluding steroid dienone is 1. The van der Waals surface area contributed by atoms with Crippen LogP contribution in [0.3, 0.4) is 0 Å². The Labute approximate surface area is 463 Å². The second-order valence-corrected chi connectivity index (χ2v) is 22.4. The fourth-order valence-electron chi connectivity index (χ4n) is 12.3. The zero-order valence-electron chi connectivity index (χ0n) is 48.0. The first-order chi connectivity index (χ1) is 37.5. The van der Waals surface area contributed by atoms with Gasteiger partial charge in [0, 0.05) is 82.8 Å². The molecule has 0 spiro atoms. The molecule has 4 heterocycles. The summed E-state index contributed by atoms with van der Waals surface area (Å²) in [5.74, 6) is -2.08. The number of nitrogens with one attached hydrogen (secondary N) is 1. The third kappa shape index (κ3) is 16.5. The number of piperidine rings is 1. The van der Waals surface area contributed by atoms with E-state index in [1.54, 1.807) is 43.1 Å². The molecular weight excluding hydrogens is 997 g/mol. The van der Waals surface area contributed by atoms with E-state index in [2.05, 4.69) is 41.0 Å². The van der Waals surface area contributed by atoms with E-state index in [0.717, 1.165) is 37.7 Å². The highest BCUT2D eigenvalue weighted by Gasteiger charge is 2.49. The molecule has 2 aromatic rings. The number of ether oxygens (including phenoxy) is 5. The van der Waals surface area contributed by atoms with Gasteiger partial charge in [-0.25, -0.2) is 4.68 Å². The Kier molecular flexibility index (Phi) is 24.2. The second-order valence-electron chi connectivity index (χ2n) is 22.4. The molecule has 11 atom stereocenters. The first-order valence-electron chi connectivity index (χ1n) is 28.5. The Morgan fingerprint density at radius 1 is 0.885 bits per heavy atom. The van der Waals surface area contributed by atoms with Crippen molar-refractivity contribution in [1.29, 1.82) is 0 Å². The van der Waals surface area contributed by atoms with Crippen LogP contribution in [-0.4, -0.2) is 187 Å². The van der Waals surface area contributed by atoms with Crippen molar-refractivity contribution >= 4 is 35.2 Å². The molecule has 0 radical (unpaired) electrons. The molecule has 3 aliphatic heterocycles. The van der Waals surface area contributed by atoms with Crippen molar-refractivity contribution in [3.63, 3.8) is 0 Å². The summed E-state index contributed by atoms with van der Waals surface area (Å²) < 4.78 is 31.0. The van der Waals surface area contributed by atoms with Crippen molar-refractivity contribution in [2.75, 3.05) is 81.0 Å². The number of rotatable bonds is 35. The third-order valence-electron chi connectivity index (χ3n) is 17.0. The largest absolute Gasteiger partial charge is 0.379 e. The number of ketones is 2. The number of amides is 4. The van der Waals surface area contributed by atoms with Crippen LogP contribution < -0.4 is 5.32 Å². The average Bonchev–Trinajstić information content (AvgIpc) is 4.31. The van der Waals surface area contributed by atoms with Gasteiger partial charge in [-0.2, -0.15) is 0 Å². The first kappa shape index (κ1) is 62.0. The van der Waals surface area contributed by atoms with Crippen LogP contribution in [0, 0.1) is 35.5 Å². The molecular formula is C59H90N8O11. The maximum absolute atomic E-state index is 14.6. The highest BCUT2D eigenvalue weighted by atomic mass is 16.5. The lowest BCUT2D eigenvalue weighted by Gasteiger charge is -2.41. The highest BCUT2D eigenvalue weighted by Crippen LogP contribution is 2.43. The quantitative estimate of drug-likeness (QED) is 0.0870. The van der Waals surface area contributed by atoms with Gasteiger partial charge < -0.3 is 43.7 Å². The van der Waals surface area contributed by atoms with E-state index in [-0.39, 0.29) is 91.5 Å². The normalized spacial score (nSPS) is 22.0. The summed E-state index contributed by atoms with van der Waals surface area (Å²) in [6.45, 7) is 17.5. The van der Waals surface area contributed by atoms with Crippen LogP contribution in [0.15, 0.2) is 61.0 Å². The number of Topliss-reactive ketones (excluding diaryl/α,β-unsaturated/α-hetero) is 2. The van der Waals surface area contributed by atoms with Crippen molar-refractivity contribution in [2.24, 2.45) is 35.5 Å². The molecule has 2 bridgehead atoms. The molecule has 1 aromatic heterocycles. The molecule has 4 amide bonds. The predicted molar refractivity (Wildman–Crippen MR) is 294 cm³/mol. The van der Waals surface area contributed by atoms with Gasteiger partial charge >= 0.3 is 0 Å². The van der Waals surface area contributed by atoms with Crippen molar-refractivity contribution in [3.8, 4) is 0 Å². The Balaban J connectivity index is 0.954. The molecule has 432 valence electrons.